The van der Waals surface area contributed by atoms with Crippen molar-refractivity contribution in [3.63, 3.8) is 0 Å². The summed E-state index contributed by atoms with van der Waals surface area (Å²) in [4.78, 5) is 11.2. The van der Waals surface area contributed by atoms with Crippen molar-refractivity contribution in [2.45, 2.75) is 0 Å². The number of hydrogen-bond donors (Lipinski definition) is 2. The van der Waals surface area contributed by atoms with Crippen molar-refractivity contribution in [3.05, 3.63) is 34.7 Å². The average molecular weight is 210 g/mol. The Kier molecular flexibility index (Phi) is 3.59. The number of thiol groups is 1. The number of ether oxygens (including phenoxy) is 1. The SMILES string of the molecule is COC(=O)/C(S)=C\c1ccc(O)cc1. The molecule has 14 heavy (non-hydrogen) atoms. The first-order valence-electron chi connectivity index (χ1n) is 3.91. The molecule has 0 aliphatic carbocycles. The molecule has 74 valence electrons. The van der Waals surface area contributed by atoms with Crippen LogP contribution in [0.2, 0.25) is 0 Å². The van der Waals surface area contributed by atoms with Gasteiger partial charge in [0.05, 0.1) is 12.0 Å². The Labute approximate surface area is 87.4 Å². The first-order valence-corrected chi connectivity index (χ1v) is 4.36. The number of phenols is 1. The fraction of sp³-hybridized carbons (Fsp3) is 0.100. The molecule has 0 unspecified atom stereocenters. The zero-order chi connectivity index (χ0) is 10.6. The molecule has 0 amide bonds. The van der Waals surface area contributed by atoms with Gasteiger partial charge < -0.3 is 9.84 Å². The van der Waals surface area contributed by atoms with Crippen LogP contribution in [0.4, 0.5) is 0 Å². The molecule has 0 aliphatic rings. The summed E-state index contributed by atoms with van der Waals surface area (Å²) in [6, 6.07) is 6.41. The summed E-state index contributed by atoms with van der Waals surface area (Å²) in [5.41, 5.74) is 0.776. The summed E-state index contributed by atoms with van der Waals surface area (Å²) >= 11 is 3.97. The van der Waals surface area contributed by atoms with Crippen LogP contribution in [0.5, 0.6) is 5.75 Å². The van der Waals surface area contributed by atoms with Gasteiger partial charge in [-0.3, -0.25) is 0 Å². The van der Waals surface area contributed by atoms with Crippen molar-refractivity contribution in [3.8, 4) is 5.75 Å². The summed E-state index contributed by atoms with van der Waals surface area (Å²) in [5, 5.41) is 9.01. The first kappa shape index (κ1) is 10.7. The quantitative estimate of drug-likeness (QED) is 0.445. The molecule has 0 saturated carbocycles. The zero-order valence-corrected chi connectivity index (χ0v) is 8.49. The monoisotopic (exact) mass is 210 g/mol. The van der Waals surface area contributed by atoms with Crippen LogP contribution in [0.25, 0.3) is 6.08 Å². The number of phenolic OH excluding ortho intramolecular Hbond substituents is 1. The molecule has 3 nitrogen and oxygen atoms in total. The number of hydrogen-bond acceptors (Lipinski definition) is 4. The Morgan fingerprint density at radius 2 is 2.00 bits per heavy atom. The first-order chi connectivity index (χ1) is 6.63. The third-order valence-corrected chi connectivity index (χ3v) is 1.90. The van der Waals surface area contributed by atoms with Crippen LogP contribution in [0, 0.1) is 0 Å². The van der Waals surface area contributed by atoms with Gasteiger partial charge in [0.15, 0.2) is 0 Å². The van der Waals surface area contributed by atoms with Crippen molar-refractivity contribution >= 4 is 24.7 Å². The molecule has 1 rings (SSSR count). The maximum atomic E-state index is 11.0. The highest BCUT2D eigenvalue weighted by Crippen LogP contribution is 2.14. The van der Waals surface area contributed by atoms with E-state index in [1.54, 1.807) is 18.2 Å². The fourth-order valence-electron chi connectivity index (χ4n) is 0.892. The predicted molar refractivity (Wildman–Crippen MR) is 57.1 cm³/mol. The molecular formula is C10H10O3S. The highest BCUT2D eigenvalue weighted by Gasteiger charge is 2.03. The predicted octanol–water partition coefficient (Wildman–Crippen LogP) is 1.84. The molecule has 1 N–H and O–H groups in total. The second-order valence-electron chi connectivity index (χ2n) is 2.61. The molecule has 0 bridgehead atoms. The van der Waals surface area contributed by atoms with Crippen LogP contribution in [0.15, 0.2) is 29.2 Å². The lowest BCUT2D eigenvalue weighted by molar-refractivity contribution is -0.135. The zero-order valence-electron chi connectivity index (χ0n) is 7.60. The van der Waals surface area contributed by atoms with E-state index in [1.165, 1.54) is 19.2 Å². The highest BCUT2D eigenvalue weighted by molar-refractivity contribution is 7.85. The number of rotatable bonds is 2. The summed E-state index contributed by atoms with van der Waals surface area (Å²) in [6.07, 6.45) is 1.56. The summed E-state index contributed by atoms with van der Waals surface area (Å²) < 4.78 is 4.47. The fourth-order valence-corrected chi connectivity index (χ4v) is 1.13. The second kappa shape index (κ2) is 4.72. The topological polar surface area (TPSA) is 46.5 Å². The van der Waals surface area contributed by atoms with Crippen molar-refractivity contribution < 1.29 is 14.6 Å². The van der Waals surface area contributed by atoms with Crippen molar-refractivity contribution in [1.82, 2.24) is 0 Å². The molecule has 0 heterocycles. The van der Waals surface area contributed by atoms with Crippen LogP contribution in [-0.4, -0.2) is 18.2 Å². The number of aromatic hydroxyl groups is 1. The minimum Gasteiger partial charge on any atom is -0.508 e. The Morgan fingerprint density at radius 3 is 2.50 bits per heavy atom. The van der Waals surface area contributed by atoms with Crippen LogP contribution in [0.3, 0.4) is 0 Å². The average Bonchev–Trinajstić information content (AvgIpc) is 2.20. The van der Waals surface area contributed by atoms with Gasteiger partial charge in [0.2, 0.25) is 0 Å². The van der Waals surface area contributed by atoms with Crippen LogP contribution >= 0.6 is 12.6 Å². The largest absolute Gasteiger partial charge is 0.508 e. The summed E-state index contributed by atoms with van der Waals surface area (Å²) in [6.45, 7) is 0. The number of carbonyl (C=O) groups excluding carboxylic acids is 1. The van der Waals surface area contributed by atoms with Gasteiger partial charge in [-0.2, -0.15) is 0 Å². The van der Waals surface area contributed by atoms with E-state index in [2.05, 4.69) is 17.4 Å². The van der Waals surface area contributed by atoms with E-state index in [0.29, 0.717) is 0 Å². The van der Waals surface area contributed by atoms with Gasteiger partial charge in [0.1, 0.15) is 5.75 Å². The Bertz CT molecular complexity index is 354. The standard InChI is InChI=1S/C10H10O3S/c1-13-10(12)9(14)6-7-2-4-8(11)5-3-7/h2-6,11,14H,1H3/b9-6+. The molecule has 0 radical (unpaired) electrons. The number of esters is 1. The Morgan fingerprint density at radius 1 is 1.43 bits per heavy atom. The molecular weight excluding hydrogens is 200 g/mol. The maximum Gasteiger partial charge on any atom is 0.344 e. The van der Waals surface area contributed by atoms with Crippen LogP contribution in [-0.2, 0) is 9.53 Å². The van der Waals surface area contributed by atoms with E-state index in [4.69, 9.17) is 5.11 Å². The van der Waals surface area contributed by atoms with E-state index in [1.807, 2.05) is 0 Å². The highest BCUT2D eigenvalue weighted by atomic mass is 32.1. The minimum absolute atomic E-state index is 0.181. The normalized spacial score (nSPS) is 11.1. The van der Waals surface area contributed by atoms with Gasteiger partial charge in [-0.15, -0.1) is 12.6 Å². The van der Waals surface area contributed by atoms with Gasteiger partial charge >= 0.3 is 5.97 Å². The van der Waals surface area contributed by atoms with Gasteiger partial charge in [-0.25, -0.2) is 4.79 Å². The van der Waals surface area contributed by atoms with Gasteiger partial charge in [0.25, 0.3) is 0 Å². The minimum atomic E-state index is -0.485. The number of methoxy groups -OCH3 is 1. The molecule has 0 fully saturated rings. The van der Waals surface area contributed by atoms with Crippen molar-refractivity contribution in [2.24, 2.45) is 0 Å². The Hall–Kier alpha value is -1.42. The lowest BCUT2D eigenvalue weighted by atomic mass is 10.2. The molecule has 4 heteroatoms. The number of carbonyl (C=O) groups is 1. The molecule has 1 aromatic carbocycles. The number of benzene rings is 1. The molecule has 0 aromatic heterocycles. The molecule has 0 atom stereocenters. The molecule has 0 aliphatic heterocycles. The maximum absolute atomic E-state index is 11.0. The van der Waals surface area contributed by atoms with E-state index in [-0.39, 0.29) is 10.7 Å². The molecule has 0 spiro atoms. The van der Waals surface area contributed by atoms with E-state index in [0.717, 1.165) is 5.56 Å². The summed E-state index contributed by atoms with van der Waals surface area (Å²) in [5.74, 6) is -0.303. The second-order valence-corrected chi connectivity index (χ2v) is 3.09. The third-order valence-electron chi connectivity index (χ3n) is 1.59. The Balaban J connectivity index is 2.86. The van der Waals surface area contributed by atoms with E-state index < -0.39 is 5.97 Å². The van der Waals surface area contributed by atoms with Crippen molar-refractivity contribution in [1.29, 1.82) is 0 Å². The molecule has 0 saturated heterocycles. The van der Waals surface area contributed by atoms with Crippen molar-refractivity contribution in [2.75, 3.05) is 7.11 Å². The summed E-state index contributed by atoms with van der Waals surface area (Å²) in [7, 11) is 1.29. The third kappa shape index (κ3) is 2.81. The van der Waals surface area contributed by atoms with E-state index in [9.17, 15) is 4.79 Å². The van der Waals surface area contributed by atoms with Crippen LogP contribution in [0.1, 0.15) is 5.56 Å². The lowest BCUT2D eigenvalue weighted by Gasteiger charge is -1.98. The van der Waals surface area contributed by atoms with E-state index >= 15 is 0 Å². The van der Waals surface area contributed by atoms with Gasteiger partial charge in [0, 0.05) is 0 Å². The van der Waals surface area contributed by atoms with Crippen LogP contribution < -0.4 is 0 Å². The lowest BCUT2D eigenvalue weighted by Crippen LogP contribution is -1.99. The smallest absolute Gasteiger partial charge is 0.344 e. The van der Waals surface area contributed by atoms with Gasteiger partial charge in [-0.1, -0.05) is 12.1 Å². The van der Waals surface area contributed by atoms with Gasteiger partial charge in [-0.05, 0) is 23.8 Å². The molecule has 1 aromatic rings.